The molecular weight excluding hydrogens is 344 g/mol. The minimum absolute atomic E-state index is 0.188. The van der Waals surface area contributed by atoms with E-state index in [1.807, 2.05) is 20.8 Å². The quantitative estimate of drug-likeness (QED) is 0.710. The molecule has 2 aliphatic heterocycles. The number of morpholine rings is 1. The molecule has 0 radical (unpaired) electrons. The molecule has 0 aromatic carbocycles. The second-order valence-corrected chi connectivity index (χ2v) is 7.87. The average molecular weight is 369 g/mol. The zero-order chi connectivity index (χ0) is 18.2. The zero-order valence-corrected chi connectivity index (χ0v) is 16.0. The van der Waals surface area contributed by atoms with Gasteiger partial charge in [-0.1, -0.05) is 11.6 Å². The highest BCUT2D eigenvalue weighted by Crippen LogP contribution is 2.28. The molecule has 3 heterocycles. The van der Waals surface area contributed by atoms with Crippen LogP contribution in [-0.4, -0.2) is 58.9 Å². The third kappa shape index (κ3) is 4.15. The molecule has 3 rings (SSSR count). The lowest BCUT2D eigenvalue weighted by molar-refractivity contribution is 0.0220. The van der Waals surface area contributed by atoms with E-state index < -0.39 is 5.60 Å². The number of hydrogen-bond acceptors (Lipinski definition) is 6. The fourth-order valence-electron chi connectivity index (χ4n) is 3.01. The number of carbonyl (C=O) groups is 1. The average Bonchev–Trinajstić information content (AvgIpc) is 2.53. The van der Waals surface area contributed by atoms with Crippen molar-refractivity contribution >= 4 is 23.6 Å². The number of halogens is 1. The highest BCUT2D eigenvalue weighted by Gasteiger charge is 2.30. The molecule has 1 fully saturated rings. The first kappa shape index (κ1) is 18.2. The summed E-state index contributed by atoms with van der Waals surface area (Å²) >= 11 is 6.40. The second kappa shape index (κ2) is 6.96. The van der Waals surface area contributed by atoms with Crippen LogP contribution in [0.5, 0.6) is 0 Å². The number of anilines is 1. The van der Waals surface area contributed by atoms with Gasteiger partial charge < -0.3 is 19.3 Å². The van der Waals surface area contributed by atoms with E-state index in [9.17, 15) is 4.79 Å². The maximum atomic E-state index is 12.3. The molecular formula is C17H25ClN4O3. The summed E-state index contributed by atoms with van der Waals surface area (Å²) in [6.45, 7) is 10.6. The van der Waals surface area contributed by atoms with E-state index in [1.54, 1.807) is 4.90 Å². The molecule has 0 spiro atoms. The Labute approximate surface area is 153 Å². The van der Waals surface area contributed by atoms with Crippen molar-refractivity contribution < 1.29 is 14.3 Å². The summed E-state index contributed by atoms with van der Waals surface area (Å²) < 4.78 is 10.9. The molecule has 0 aliphatic carbocycles. The Balaban J connectivity index is 1.82. The summed E-state index contributed by atoms with van der Waals surface area (Å²) in [4.78, 5) is 25.3. The lowest BCUT2D eigenvalue weighted by Gasteiger charge is -2.35. The predicted octanol–water partition coefficient (Wildman–Crippen LogP) is 2.65. The van der Waals surface area contributed by atoms with Gasteiger partial charge in [0.2, 0.25) is 5.95 Å². The van der Waals surface area contributed by atoms with Gasteiger partial charge in [0.25, 0.3) is 0 Å². The van der Waals surface area contributed by atoms with Crippen LogP contribution in [0.3, 0.4) is 0 Å². The van der Waals surface area contributed by atoms with E-state index in [-0.39, 0.29) is 12.1 Å². The highest BCUT2D eigenvalue weighted by molar-refractivity contribution is 6.30. The van der Waals surface area contributed by atoms with Crippen LogP contribution in [0.4, 0.5) is 10.7 Å². The third-order valence-electron chi connectivity index (χ3n) is 4.28. The van der Waals surface area contributed by atoms with Crippen LogP contribution >= 0.6 is 11.6 Å². The summed E-state index contributed by atoms with van der Waals surface area (Å²) in [6, 6.07) is 0.188. The van der Waals surface area contributed by atoms with Crippen molar-refractivity contribution in [2.24, 2.45) is 0 Å². The molecule has 1 saturated heterocycles. The van der Waals surface area contributed by atoms with Crippen LogP contribution in [0.15, 0.2) is 0 Å². The van der Waals surface area contributed by atoms with Crippen LogP contribution in [0.2, 0.25) is 5.15 Å². The normalized spacial score (nSPS) is 21.1. The molecule has 8 heteroatoms. The van der Waals surface area contributed by atoms with E-state index in [0.717, 1.165) is 17.8 Å². The van der Waals surface area contributed by atoms with Gasteiger partial charge in [0.05, 0.1) is 31.5 Å². The van der Waals surface area contributed by atoms with Crippen LogP contribution in [0.25, 0.3) is 0 Å². The molecule has 1 atom stereocenters. The Bertz CT molecular complexity index is 662. The first-order chi connectivity index (χ1) is 11.7. The lowest BCUT2D eigenvalue weighted by Crippen LogP contribution is -2.45. The molecule has 1 aromatic rings. The number of aromatic nitrogens is 2. The number of ether oxygens (including phenoxy) is 2. The molecule has 0 saturated carbocycles. The Morgan fingerprint density at radius 1 is 1.32 bits per heavy atom. The number of rotatable bonds is 1. The highest BCUT2D eigenvalue weighted by atomic mass is 35.5. The number of hydrogen-bond donors (Lipinski definition) is 0. The van der Waals surface area contributed by atoms with Gasteiger partial charge in [0, 0.05) is 18.7 Å². The van der Waals surface area contributed by atoms with Crippen molar-refractivity contribution in [2.45, 2.75) is 52.3 Å². The van der Waals surface area contributed by atoms with Gasteiger partial charge in [-0.3, -0.25) is 0 Å². The molecule has 0 N–H and O–H groups in total. The number of carbonyl (C=O) groups excluding carboxylic acids is 1. The van der Waals surface area contributed by atoms with Gasteiger partial charge in [0.1, 0.15) is 10.8 Å². The molecule has 1 aromatic heterocycles. The van der Waals surface area contributed by atoms with Crippen LogP contribution < -0.4 is 4.90 Å². The number of amides is 1. The van der Waals surface area contributed by atoms with E-state index in [0.29, 0.717) is 43.8 Å². The van der Waals surface area contributed by atoms with Gasteiger partial charge in [-0.25, -0.2) is 14.8 Å². The topological polar surface area (TPSA) is 67.8 Å². The van der Waals surface area contributed by atoms with Crippen molar-refractivity contribution in [2.75, 3.05) is 31.2 Å². The monoisotopic (exact) mass is 368 g/mol. The Morgan fingerprint density at radius 3 is 2.76 bits per heavy atom. The van der Waals surface area contributed by atoms with Crippen LogP contribution in [-0.2, 0) is 22.4 Å². The van der Waals surface area contributed by atoms with Crippen molar-refractivity contribution in [1.29, 1.82) is 0 Å². The largest absolute Gasteiger partial charge is 0.444 e. The minimum atomic E-state index is -0.519. The van der Waals surface area contributed by atoms with Gasteiger partial charge >= 0.3 is 6.09 Å². The molecule has 0 bridgehead atoms. The fraction of sp³-hybridized carbons (Fsp3) is 0.706. The van der Waals surface area contributed by atoms with Crippen molar-refractivity contribution in [3.05, 3.63) is 16.4 Å². The van der Waals surface area contributed by atoms with Gasteiger partial charge in [-0.15, -0.1) is 0 Å². The summed E-state index contributed by atoms with van der Waals surface area (Å²) in [5.74, 6) is 0.602. The minimum Gasteiger partial charge on any atom is -0.444 e. The van der Waals surface area contributed by atoms with E-state index in [2.05, 4.69) is 16.8 Å². The third-order valence-corrected chi connectivity index (χ3v) is 4.59. The Kier molecular flexibility index (Phi) is 5.06. The van der Waals surface area contributed by atoms with Gasteiger partial charge in [0.15, 0.2) is 0 Å². The van der Waals surface area contributed by atoms with Crippen LogP contribution in [0.1, 0.15) is 39.0 Å². The first-order valence-corrected chi connectivity index (χ1v) is 9.00. The number of fused-ring (bicyclic) bond motifs is 1. The predicted molar refractivity (Wildman–Crippen MR) is 95.0 cm³/mol. The summed E-state index contributed by atoms with van der Waals surface area (Å²) in [5, 5.41) is 0.475. The molecule has 1 amide bonds. The lowest BCUT2D eigenvalue weighted by atomic mass is 10.1. The van der Waals surface area contributed by atoms with E-state index in [4.69, 9.17) is 26.1 Å². The molecule has 7 nitrogen and oxygen atoms in total. The maximum Gasteiger partial charge on any atom is 0.410 e. The van der Waals surface area contributed by atoms with E-state index in [1.165, 1.54) is 0 Å². The summed E-state index contributed by atoms with van der Waals surface area (Å²) in [6.07, 6.45) is 0.306. The molecule has 138 valence electrons. The standard InChI is InChI=1S/C17H25ClN4O3/c1-11-10-24-8-7-22(11)15-19-13-9-21(16(23)25-17(2,3)4)6-5-12(13)14(18)20-15/h11H,5-10H2,1-4H3/t11-/m0/s1. The van der Waals surface area contributed by atoms with Crippen molar-refractivity contribution in [1.82, 2.24) is 14.9 Å². The summed E-state index contributed by atoms with van der Waals surface area (Å²) in [7, 11) is 0. The Hall–Kier alpha value is -1.60. The summed E-state index contributed by atoms with van der Waals surface area (Å²) in [5.41, 5.74) is 1.20. The Morgan fingerprint density at radius 2 is 2.08 bits per heavy atom. The zero-order valence-electron chi connectivity index (χ0n) is 15.2. The van der Waals surface area contributed by atoms with Gasteiger partial charge in [-0.2, -0.15) is 0 Å². The molecule has 2 aliphatic rings. The van der Waals surface area contributed by atoms with Crippen molar-refractivity contribution in [3.63, 3.8) is 0 Å². The number of nitrogens with zero attached hydrogens (tertiary/aromatic N) is 4. The fourth-order valence-corrected chi connectivity index (χ4v) is 3.29. The molecule has 25 heavy (non-hydrogen) atoms. The SMILES string of the molecule is C[C@H]1COCCN1c1nc(Cl)c2c(n1)CN(C(=O)OC(C)(C)C)CC2. The molecule has 0 unspecified atom stereocenters. The van der Waals surface area contributed by atoms with Crippen LogP contribution in [0, 0.1) is 0 Å². The first-order valence-electron chi connectivity index (χ1n) is 8.62. The second-order valence-electron chi connectivity index (χ2n) is 7.51. The maximum absolute atomic E-state index is 12.3. The van der Waals surface area contributed by atoms with Gasteiger partial charge in [-0.05, 0) is 34.1 Å². The smallest absolute Gasteiger partial charge is 0.410 e. The van der Waals surface area contributed by atoms with Crippen molar-refractivity contribution in [3.8, 4) is 0 Å². The van der Waals surface area contributed by atoms with E-state index >= 15 is 0 Å².